The lowest BCUT2D eigenvalue weighted by Gasteiger charge is -2.29. The Labute approximate surface area is 144 Å². The van der Waals surface area contributed by atoms with Crippen LogP contribution >= 0.6 is 0 Å². The predicted molar refractivity (Wildman–Crippen MR) is 88.4 cm³/mol. The minimum absolute atomic E-state index is 0.128. The Kier molecular flexibility index (Phi) is 5.21. The molecule has 1 aromatic rings. The summed E-state index contributed by atoms with van der Waals surface area (Å²) in [6.45, 7) is 3.29. The van der Waals surface area contributed by atoms with Crippen LogP contribution in [0.4, 0.5) is 5.69 Å². The zero-order valence-corrected chi connectivity index (χ0v) is 14.3. The molecule has 2 rings (SSSR count). The smallest absolute Gasteiger partial charge is 0.336 e. The summed E-state index contributed by atoms with van der Waals surface area (Å²) in [5.74, 6) is -2.33. The molecule has 1 N–H and O–H groups in total. The predicted octanol–water partition coefficient (Wildman–Crippen LogP) is 2.18. The minimum Gasteiger partial charge on any atom is -0.466 e. The van der Waals surface area contributed by atoms with Crippen LogP contribution in [0.2, 0.25) is 0 Å². The molecule has 25 heavy (non-hydrogen) atoms. The van der Waals surface area contributed by atoms with Crippen LogP contribution in [0.15, 0.2) is 46.8 Å². The van der Waals surface area contributed by atoms with Crippen LogP contribution in [0, 0.1) is 10.1 Å². The first-order valence-corrected chi connectivity index (χ1v) is 7.42. The minimum atomic E-state index is -0.970. The van der Waals surface area contributed by atoms with Gasteiger partial charge >= 0.3 is 11.9 Å². The molecule has 0 aliphatic carbocycles. The highest BCUT2D eigenvalue weighted by Gasteiger charge is 2.40. The van der Waals surface area contributed by atoms with Gasteiger partial charge in [0.2, 0.25) is 0 Å². The third kappa shape index (κ3) is 3.23. The van der Waals surface area contributed by atoms with Gasteiger partial charge in [-0.2, -0.15) is 0 Å². The van der Waals surface area contributed by atoms with E-state index in [1.54, 1.807) is 19.9 Å². The van der Waals surface area contributed by atoms with Gasteiger partial charge in [0.15, 0.2) is 0 Å². The molecule has 8 heteroatoms. The second kappa shape index (κ2) is 7.16. The van der Waals surface area contributed by atoms with Crippen molar-refractivity contribution in [3.8, 4) is 0 Å². The van der Waals surface area contributed by atoms with E-state index in [0.29, 0.717) is 11.4 Å². The zero-order valence-electron chi connectivity index (χ0n) is 14.3. The number of methoxy groups -OCH3 is 2. The number of para-hydroxylation sites is 1. The van der Waals surface area contributed by atoms with Gasteiger partial charge in [0.1, 0.15) is 0 Å². The molecule has 8 nitrogen and oxygen atoms in total. The van der Waals surface area contributed by atoms with Crippen LogP contribution in [0.5, 0.6) is 0 Å². The Hall–Kier alpha value is -3.16. The van der Waals surface area contributed by atoms with E-state index in [2.05, 4.69) is 5.32 Å². The third-order valence-electron chi connectivity index (χ3n) is 4.02. The van der Waals surface area contributed by atoms with Crippen molar-refractivity contribution in [1.29, 1.82) is 0 Å². The molecule has 0 aromatic heterocycles. The number of nitro benzene ring substituents is 1. The first-order chi connectivity index (χ1) is 11.8. The molecule has 1 aliphatic heterocycles. The second-order valence-electron chi connectivity index (χ2n) is 5.43. The van der Waals surface area contributed by atoms with Gasteiger partial charge < -0.3 is 14.8 Å². The Morgan fingerprint density at radius 3 is 1.96 bits per heavy atom. The third-order valence-corrected chi connectivity index (χ3v) is 4.02. The summed E-state index contributed by atoms with van der Waals surface area (Å²) in [5, 5.41) is 14.4. The molecule has 0 radical (unpaired) electrons. The Morgan fingerprint density at radius 1 is 1.04 bits per heavy atom. The lowest BCUT2D eigenvalue weighted by Crippen LogP contribution is -2.32. The number of allylic oxidation sites excluding steroid dienone is 2. The number of hydrogen-bond acceptors (Lipinski definition) is 7. The fraction of sp³-hybridized carbons (Fsp3) is 0.294. The van der Waals surface area contributed by atoms with Crippen molar-refractivity contribution in [2.24, 2.45) is 0 Å². The van der Waals surface area contributed by atoms with E-state index in [9.17, 15) is 19.7 Å². The highest BCUT2D eigenvalue weighted by Crippen LogP contribution is 2.42. The molecule has 1 aliphatic rings. The number of nitro groups is 1. The molecule has 0 bridgehead atoms. The summed E-state index contributed by atoms with van der Waals surface area (Å²) in [4.78, 5) is 35.6. The van der Waals surface area contributed by atoms with Gasteiger partial charge in [-0.25, -0.2) is 9.59 Å². The molecular formula is C17H18N2O6. The van der Waals surface area contributed by atoms with Crippen molar-refractivity contribution in [2.45, 2.75) is 19.8 Å². The van der Waals surface area contributed by atoms with Crippen molar-refractivity contribution < 1.29 is 24.0 Å². The standard InChI is InChI=1S/C17H18N2O6/c1-9-13(16(20)24-3)15(14(10(2)18-9)17(21)25-4)11-7-5-6-8-12(11)19(22)23/h5-8,15,18H,1-4H3/i1+1,2+1,9+1,10+1,13+1,14+1,16+1,17+1. The van der Waals surface area contributed by atoms with E-state index in [1.807, 2.05) is 0 Å². The molecule has 0 spiro atoms. The van der Waals surface area contributed by atoms with Crippen molar-refractivity contribution in [3.63, 3.8) is 0 Å². The van der Waals surface area contributed by atoms with Crippen LogP contribution in [0.1, 0.15) is 25.3 Å². The number of nitrogens with one attached hydrogen (secondary N) is 1. The molecule has 0 fully saturated rings. The average Bonchev–Trinajstić information content (AvgIpc) is 2.59. The summed E-state index contributed by atoms with van der Waals surface area (Å²) in [6, 6.07) is 5.97. The van der Waals surface area contributed by atoms with Gasteiger partial charge in [0.25, 0.3) is 5.69 Å². The number of esters is 2. The quantitative estimate of drug-likeness (QED) is 0.382. The highest BCUT2D eigenvalue weighted by atomic mass is 16.6. The number of nitrogens with zero attached hydrogens (tertiary/aromatic N) is 1. The molecule has 0 unspecified atom stereocenters. The van der Waals surface area contributed by atoms with Crippen molar-refractivity contribution >= 4 is 17.6 Å². The van der Waals surface area contributed by atoms with E-state index in [1.165, 1.54) is 32.4 Å². The van der Waals surface area contributed by atoms with E-state index < -0.39 is 22.8 Å². The summed E-state index contributed by atoms with van der Waals surface area (Å²) in [5.41, 5.74) is 1.19. The number of dihydropyridines is 1. The largest absolute Gasteiger partial charge is 0.466 e. The molecule has 132 valence electrons. The number of carbonyl (C=O) groups excluding carboxylic acids is 2. The second-order valence-corrected chi connectivity index (χ2v) is 5.43. The van der Waals surface area contributed by atoms with Crippen molar-refractivity contribution in [2.75, 3.05) is 14.2 Å². The maximum atomic E-state index is 12.3. The summed E-state index contributed by atoms with van der Waals surface area (Å²) < 4.78 is 9.66. The number of rotatable bonds is 4. The van der Waals surface area contributed by atoms with E-state index in [-0.39, 0.29) is 22.4 Å². The molecule has 1 aromatic carbocycles. The number of carbonyl (C=O) groups is 2. The van der Waals surface area contributed by atoms with Gasteiger partial charge in [0.05, 0.1) is 36.2 Å². The van der Waals surface area contributed by atoms with Crippen LogP contribution in [-0.2, 0) is 19.1 Å². The lowest BCUT2D eigenvalue weighted by atomic mass is 10.1. The van der Waals surface area contributed by atoms with Gasteiger partial charge in [-0.3, -0.25) is 10.1 Å². The molecule has 0 saturated heterocycles. The van der Waals surface area contributed by atoms with Gasteiger partial charge in [-0.05, 0) is 13.8 Å². The van der Waals surface area contributed by atoms with E-state index >= 15 is 0 Å². The van der Waals surface area contributed by atoms with E-state index in [4.69, 9.17) is 9.47 Å². The summed E-state index contributed by atoms with van der Waals surface area (Å²) in [6.07, 6.45) is 0. The first kappa shape index (κ1) is 18.2. The SMILES string of the molecule is CO[13C](=O)[13C]1=[13C]([13CH3])N[13C]([13CH3])=[13C]([13C](=O)OC)C1c1ccccc1[N+](=O)[O-]. The fourth-order valence-electron chi connectivity index (χ4n) is 2.96. The molecule has 0 atom stereocenters. The molecule has 1 heterocycles. The van der Waals surface area contributed by atoms with Crippen molar-refractivity contribution in [3.05, 3.63) is 62.5 Å². The van der Waals surface area contributed by atoms with Crippen LogP contribution in [0.25, 0.3) is 0 Å². The van der Waals surface area contributed by atoms with E-state index in [0.717, 1.165) is 0 Å². The van der Waals surface area contributed by atoms with Gasteiger partial charge in [-0.1, -0.05) is 18.2 Å². The van der Waals surface area contributed by atoms with Crippen LogP contribution < -0.4 is 5.32 Å². The van der Waals surface area contributed by atoms with Crippen molar-refractivity contribution in [1.82, 2.24) is 5.32 Å². The fourth-order valence-corrected chi connectivity index (χ4v) is 2.96. The number of hydrogen-bond donors (Lipinski definition) is 1. The lowest BCUT2D eigenvalue weighted by molar-refractivity contribution is -0.385. The van der Waals surface area contributed by atoms with Crippen LogP contribution in [-0.4, -0.2) is 31.1 Å². The van der Waals surface area contributed by atoms with Crippen LogP contribution in [0.3, 0.4) is 0 Å². The van der Waals surface area contributed by atoms with Gasteiger partial charge in [0, 0.05) is 23.0 Å². The zero-order chi connectivity index (χ0) is 18.7. The first-order valence-electron chi connectivity index (χ1n) is 7.42. The average molecular weight is 354 g/mol. The summed E-state index contributed by atoms with van der Waals surface area (Å²) in [7, 11) is 2.42. The topological polar surface area (TPSA) is 108 Å². The Bertz CT molecular complexity index is 771. The Balaban J connectivity index is 2.80. The maximum absolute atomic E-state index is 12.3. The molecule has 0 saturated carbocycles. The Morgan fingerprint density at radius 2 is 1.52 bits per heavy atom. The molecular weight excluding hydrogens is 336 g/mol. The molecule has 0 amide bonds. The normalized spacial score (nSPS) is 14.9. The summed E-state index contributed by atoms with van der Waals surface area (Å²) >= 11 is 0. The maximum Gasteiger partial charge on any atom is 0.336 e. The monoisotopic (exact) mass is 354 g/mol. The number of benzene rings is 1. The van der Waals surface area contributed by atoms with Gasteiger partial charge in [-0.15, -0.1) is 0 Å². The number of ether oxygens (including phenoxy) is 2. The highest BCUT2D eigenvalue weighted by molar-refractivity contribution is 6.00.